The van der Waals surface area contributed by atoms with Crippen LogP contribution in [0.5, 0.6) is 0 Å². The van der Waals surface area contributed by atoms with Gasteiger partial charge in [-0.3, -0.25) is 0 Å². The molecule has 0 saturated heterocycles. The van der Waals surface area contributed by atoms with Crippen molar-refractivity contribution in [2.75, 3.05) is 0 Å². The van der Waals surface area contributed by atoms with E-state index in [2.05, 4.69) is 26.1 Å². The molecule has 0 N–H and O–H groups in total. The molecule has 0 radical (unpaired) electrons. The fourth-order valence-electron chi connectivity index (χ4n) is 1.77. The van der Waals surface area contributed by atoms with E-state index in [1.807, 2.05) is 0 Å². The lowest BCUT2D eigenvalue weighted by molar-refractivity contribution is -0.0402. The van der Waals surface area contributed by atoms with E-state index >= 15 is 0 Å². The first-order valence-corrected chi connectivity index (χ1v) is 5.99. The highest BCUT2D eigenvalue weighted by Gasteiger charge is 2.37. The topological polar surface area (TPSA) is 38.9 Å². The first-order chi connectivity index (χ1) is 7.11. The van der Waals surface area contributed by atoms with Gasteiger partial charge in [0, 0.05) is 18.8 Å². The van der Waals surface area contributed by atoms with Crippen molar-refractivity contribution in [3.05, 3.63) is 11.7 Å². The van der Waals surface area contributed by atoms with Gasteiger partial charge in [-0.1, -0.05) is 21.1 Å². The maximum atomic E-state index is 12.9. The first-order valence-electron chi connectivity index (χ1n) is 4.87. The summed E-state index contributed by atoms with van der Waals surface area (Å²) in [5, 5.41) is 4.25. The molecule has 1 aliphatic rings. The number of alkyl halides is 3. The molecule has 1 heterocycles. The Bertz CT molecular complexity index is 333. The Kier molecular flexibility index (Phi) is 3.04. The van der Waals surface area contributed by atoms with Crippen LogP contribution >= 0.6 is 15.9 Å². The summed E-state index contributed by atoms with van der Waals surface area (Å²) in [6.45, 7) is 0. The summed E-state index contributed by atoms with van der Waals surface area (Å²) < 4.78 is 30.8. The molecule has 6 heteroatoms. The molecule has 0 amide bonds. The average molecular weight is 281 g/mol. The highest BCUT2D eigenvalue weighted by molar-refractivity contribution is 9.08. The highest BCUT2D eigenvalue weighted by atomic mass is 79.9. The number of halogens is 3. The summed E-state index contributed by atoms with van der Waals surface area (Å²) >= 11 is 3.21. The third-order valence-corrected chi connectivity index (χ3v) is 3.17. The van der Waals surface area contributed by atoms with Crippen LogP contribution in [0.1, 0.15) is 43.3 Å². The van der Waals surface area contributed by atoms with Crippen molar-refractivity contribution >= 4 is 15.9 Å². The van der Waals surface area contributed by atoms with Crippen molar-refractivity contribution in [2.45, 2.75) is 42.9 Å². The van der Waals surface area contributed by atoms with E-state index in [1.165, 1.54) is 0 Å². The van der Waals surface area contributed by atoms with Crippen molar-refractivity contribution < 1.29 is 13.3 Å². The van der Waals surface area contributed by atoms with Crippen LogP contribution in [0.3, 0.4) is 0 Å². The van der Waals surface area contributed by atoms with Gasteiger partial charge in [-0.05, 0) is 12.8 Å². The van der Waals surface area contributed by atoms with Gasteiger partial charge >= 0.3 is 0 Å². The molecule has 0 aliphatic heterocycles. The minimum Gasteiger partial charge on any atom is -0.339 e. The van der Waals surface area contributed by atoms with Crippen LogP contribution in [0.2, 0.25) is 0 Å². The maximum Gasteiger partial charge on any atom is 0.248 e. The van der Waals surface area contributed by atoms with Gasteiger partial charge < -0.3 is 4.52 Å². The zero-order valence-electron chi connectivity index (χ0n) is 8.05. The van der Waals surface area contributed by atoms with Gasteiger partial charge in [0.1, 0.15) is 0 Å². The van der Waals surface area contributed by atoms with E-state index in [1.54, 1.807) is 0 Å². The zero-order chi connectivity index (χ0) is 10.9. The van der Waals surface area contributed by atoms with E-state index < -0.39 is 5.92 Å². The minimum atomic E-state index is -2.51. The second kappa shape index (κ2) is 4.15. The Labute approximate surface area is 94.4 Å². The van der Waals surface area contributed by atoms with Crippen molar-refractivity contribution in [3.63, 3.8) is 0 Å². The molecule has 0 spiro atoms. The molecule has 15 heavy (non-hydrogen) atoms. The van der Waals surface area contributed by atoms with Gasteiger partial charge in [0.2, 0.25) is 11.8 Å². The molecule has 84 valence electrons. The monoisotopic (exact) mass is 280 g/mol. The predicted molar refractivity (Wildman–Crippen MR) is 53.1 cm³/mol. The molecular weight excluding hydrogens is 270 g/mol. The van der Waals surface area contributed by atoms with Crippen LogP contribution in [0, 0.1) is 0 Å². The van der Waals surface area contributed by atoms with Gasteiger partial charge in [0.05, 0.1) is 5.33 Å². The smallest absolute Gasteiger partial charge is 0.248 e. The second-order valence-corrected chi connectivity index (χ2v) is 4.37. The van der Waals surface area contributed by atoms with Crippen LogP contribution in [-0.4, -0.2) is 16.1 Å². The summed E-state index contributed by atoms with van der Waals surface area (Å²) in [7, 11) is 0. The normalized spacial score (nSPS) is 21.8. The summed E-state index contributed by atoms with van der Waals surface area (Å²) in [5.41, 5.74) is 0. The van der Waals surface area contributed by atoms with Crippen LogP contribution in [-0.2, 0) is 5.33 Å². The third-order valence-electron chi connectivity index (χ3n) is 2.67. The van der Waals surface area contributed by atoms with Crippen molar-refractivity contribution in [1.29, 1.82) is 0 Å². The molecule has 1 fully saturated rings. The molecule has 1 aromatic rings. The standard InChI is InChI=1S/C9H11BrF2N2O/c10-5-7-13-8(15-14-7)6-1-3-9(11,12)4-2-6/h6H,1-5H2. The van der Waals surface area contributed by atoms with E-state index in [0.29, 0.717) is 29.9 Å². The molecular formula is C9H11BrF2N2O. The molecule has 0 unspecified atom stereocenters. The predicted octanol–water partition coefficient (Wildman–Crippen LogP) is 3.26. The maximum absolute atomic E-state index is 12.9. The van der Waals surface area contributed by atoms with Gasteiger partial charge in [0.15, 0.2) is 5.82 Å². The van der Waals surface area contributed by atoms with Crippen molar-refractivity contribution in [1.82, 2.24) is 10.1 Å². The van der Waals surface area contributed by atoms with Crippen LogP contribution in [0.15, 0.2) is 4.52 Å². The molecule has 0 bridgehead atoms. The van der Waals surface area contributed by atoms with Gasteiger partial charge in [-0.25, -0.2) is 8.78 Å². The number of aromatic nitrogens is 2. The number of rotatable bonds is 2. The molecule has 1 aliphatic carbocycles. The minimum absolute atomic E-state index is 0.00456. The molecule has 2 rings (SSSR count). The number of hydrogen-bond acceptors (Lipinski definition) is 3. The van der Waals surface area contributed by atoms with Crippen LogP contribution < -0.4 is 0 Å². The van der Waals surface area contributed by atoms with Gasteiger partial charge in [0.25, 0.3) is 0 Å². The Morgan fingerprint density at radius 1 is 1.40 bits per heavy atom. The highest BCUT2D eigenvalue weighted by Crippen LogP contribution is 2.40. The zero-order valence-corrected chi connectivity index (χ0v) is 9.64. The van der Waals surface area contributed by atoms with E-state index in [9.17, 15) is 8.78 Å². The lowest BCUT2D eigenvalue weighted by atomic mass is 9.87. The summed E-state index contributed by atoms with van der Waals surface area (Å²) in [4.78, 5) is 4.13. The number of hydrogen-bond donors (Lipinski definition) is 0. The first kappa shape index (κ1) is 11.0. The second-order valence-electron chi connectivity index (χ2n) is 3.81. The Morgan fingerprint density at radius 2 is 2.07 bits per heavy atom. The molecule has 1 saturated carbocycles. The molecule has 0 atom stereocenters. The summed E-state index contributed by atoms with van der Waals surface area (Å²) in [6.07, 6.45) is 0.696. The van der Waals surface area contributed by atoms with E-state index in [0.717, 1.165) is 0 Å². The molecule has 3 nitrogen and oxygen atoms in total. The van der Waals surface area contributed by atoms with Gasteiger partial charge in [-0.2, -0.15) is 4.98 Å². The third kappa shape index (κ3) is 2.53. The fourth-order valence-corrected chi connectivity index (χ4v) is 2.00. The molecule has 1 aromatic heterocycles. The Hall–Kier alpha value is -0.520. The lowest BCUT2D eigenvalue weighted by Crippen LogP contribution is -2.23. The Morgan fingerprint density at radius 3 is 2.60 bits per heavy atom. The summed E-state index contributed by atoms with van der Waals surface area (Å²) in [6, 6.07) is 0. The van der Waals surface area contributed by atoms with Crippen molar-refractivity contribution in [2.24, 2.45) is 0 Å². The van der Waals surface area contributed by atoms with Gasteiger partial charge in [-0.15, -0.1) is 0 Å². The Balaban J connectivity index is 2.01. The SMILES string of the molecule is FC1(F)CCC(c2nc(CBr)no2)CC1. The van der Waals surface area contributed by atoms with E-state index in [-0.39, 0.29) is 18.8 Å². The molecule has 0 aromatic carbocycles. The average Bonchev–Trinajstić information content (AvgIpc) is 2.66. The fraction of sp³-hybridized carbons (Fsp3) is 0.778. The van der Waals surface area contributed by atoms with Crippen LogP contribution in [0.25, 0.3) is 0 Å². The number of nitrogens with zero attached hydrogens (tertiary/aromatic N) is 2. The van der Waals surface area contributed by atoms with Crippen LogP contribution in [0.4, 0.5) is 8.78 Å². The van der Waals surface area contributed by atoms with E-state index in [4.69, 9.17) is 4.52 Å². The van der Waals surface area contributed by atoms with Crippen molar-refractivity contribution in [3.8, 4) is 0 Å². The largest absolute Gasteiger partial charge is 0.339 e. The quantitative estimate of drug-likeness (QED) is 0.781. The summed E-state index contributed by atoms with van der Waals surface area (Å²) in [5.74, 6) is -1.43. The lowest BCUT2D eigenvalue weighted by Gasteiger charge is -2.25.